The summed E-state index contributed by atoms with van der Waals surface area (Å²) < 4.78 is 0. The van der Waals surface area contributed by atoms with Gasteiger partial charge in [0.2, 0.25) is 0 Å². The van der Waals surface area contributed by atoms with E-state index in [1.165, 1.54) is 38.3 Å². The topological polar surface area (TPSA) is 50.3 Å². The van der Waals surface area contributed by atoms with E-state index in [-0.39, 0.29) is 0 Å². The summed E-state index contributed by atoms with van der Waals surface area (Å²) in [4.78, 5) is 13.7. The lowest BCUT2D eigenvalue weighted by Gasteiger charge is -2.20. The number of halogens is 1. The average Bonchev–Trinajstić information content (AvgIpc) is 2.89. The minimum Gasteiger partial charge on any atom is -0.391 e. The molecule has 1 saturated carbocycles. The highest BCUT2D eigenvalue weighted by molar-refractivity contribution is 6.29. The maximum Gasteiger partial charge on any atom is 0.169 e. The van der Waals surface area contributed by atoms with Crippen molar-refractivity contribution in [2.75, 3.05) is 5.01 Å². The normalized spacial score (nSPS) is 20.7. The van der Waals surface area contributed by atoms with E-state index >= 15 is 0 Å². The Morgan fingerprint density at radius 2 is 2.11 bits per heavy atom. The van der Waals surface area contributed by atoms with Crippen LogP contribution in [0, 0.1) is 5.92 Å². The van der Waals surface area contributed by atoms with Crippen LogP contribution in [0.5, 0.6) is 0 Å². The number of hydrogen-bond acceptors (Lipinski definition) is 5. The number of nitrogens with zero attached hydrogens (tertiary/aromatic N) is 3. The number of aromatic nitrogens is 2. The Bertz CT molecular complexity index is 459. The SMILES string of the molecule is Clc1cncc(N2C=C(C3CCCCC3)ON2)n1. The van der Waals surface area contributed by atoms with Gasteiger partial charge in [0.15, 0.2) is 5.82 Å². The van der Waals surface area contributed by atoms with Crippen molar-refractivity contribution in [3.05, 3.63) is 29.5 Å². The second-order valence-electron chi connectivity index (χ2n) is 4.63. The molecule has 5 nitrogen and oxygen atoms in total. The van der Waals surface area contributed by atoms with E-state index < -0.39 is 0 Å². The van der Waals surface area contributed by atoms with Gasteiger partial charge in [-0.05, 0) is 12.8 Å². The minimum atomic E-state index is 0.369. The van der Waals surface area contributed by atoms with Crippen molar-refractivity contribution in [3.63, 3.8) is 0 Å². The molecule has 1 aliphatic carbocycles. The van der Waals surface area contributed by atoms with Gasteiger partial charge in [0, 0.05) is 5.92 Å². The second kappa shape index (κ2) is 5.12. The van der Waals surface area contributed by atoms with Gasteiger partial charge in [0.1, 0.15) is 10.9 Å². The summed E-state index contributed by atoms with van der Waals surface area (Å²) in [5.41, 5.74) is 2.83. The van der Waals surface area contributed by atoms with E-state index in [2.05, 4.69) is 15.6 Å². The van der Waals surface area contributed by atoms with Crippen LogP contribution in [0.15, 0.2) is 24.4 Å². The first-order chi connectivity index (χ1) is 8.83. The standard InChI is InChI=1S/C12H15ClN4O/c13-11-6-14-7-12(15-11)17-8-10(18-16-17)9-4-2-1-3-5-9/h6-9,16H,1-5H2. The molecule has 1 aliphatic heterocycles. The third-order valence-corrected chi connectivity index (χ3v) is 3.55. The molecule has 1 aromatic heterocycles. The highest BCUT2D eigenvalue weighted by Crippen LogP contribution is 2.32. The molecule has 1 aromatic rings. The fraction of sp³-hybridized carbons (Fsp3) is 0.500. The number of allylic oxidation sites excluding steroid dienone is 1. The Morgan fingerprint density at radius 1 is 1.28 bits per heavy atom. The van der Waals surface area contributed by atoms with Crippen LogP contribution >= 0.6 is 11.6 Å². The molecule has 0 radical (unpaired) electrons. The molecule has 0 unspecified atom stereocenters. The third kappa shape index (κ3) is 2.42. The highest BCUT2D eigenvalue weighted by Gasteiger charge is 2.25. The molecule has 0 atom stereocenters. The predicted octanol–water partition coefficient (Wildman–Crippen LogP) is 2.81. The van der Waals surface area contributed by atoms with Gasteiger partial charge in [-0.2, -0.15) is 0 Å². The summed E-state index contributed by atoms with van der Waals surface area (Å²) in [5, 5.41) is 2.08. The minimum absolute atomic E-state index is 0.369. The summed E-state index contributed by atoms with van der Waals surface area (Å²) >= 11 is 5.82. The molecule has 0 saturated heterocycles. The van der Waals surface area contributed by atoms with Crippen molar-refractivity contribution < 1.29 is 4.84 Å². The third-order valence-electron chi connectivity index (χ3n) is 3.36. The van der Waals surface area contributed by atoms with Crippen LogP contribution in [0.25, 0.3) is 0 Å². The van der Waals surface area contributed by atoms with Crippen molar-refractivity contribution in [2.45, 2.75) is 32.1 Å². The van der Waals surface area contributed by atoms with Crippen LogP contribution in [0.2, 0.25) is 5.15 Å². The molecule has 18 heavy (non-hydrogen) atoms. The molecule has 1 fully saturated rings. The van der Waals surface area contributed by atoms with Gasteiger partial charge in [-0.25, -0.2) is 9.99 Å². The van der Waals surface area contributed by atoms with Gasteiger partial charge in [-0.3, -0.25) is 4.98 Å². The van der Waals surface area contributed by atoms with Crippen LogP contribution in [0.4, 0.5) is 5.82 Å². The first-order valence-corrected chi connectivity index (χ1v) is 6.62. The van der Waals surface area contributed by atoms with Crippen LogP contribution in [0.3, 0.4) is 0 Å². The van der Waals surface area contributed by atoms with Crippen molar-refractivity contribution >= 4 is 17.4 Å². The molecule has 1 N–H and O–H groups in total. The molecule has 96 valence electrons. The van der Waals surface area contributed by atoms with Gasteiger partial charge >= 0.3 is 0 Å². The molecule has 0 aromatic carbocycles. The van der Waals surface area contributed by atoms with E-state index in [0.29, 0.717) is 16.9 Å². The van der Waals surface area contributed by atoms with E-state index in [9.17, 15) is 0 Å². The molecule has 3 rings (SSSR count). The number of anilines is 1. The lowest BCUT2D eigenvalue weighted by molar-refractivity contribution is 0.0978. The molecule has 0 amide bonds. The molecule has 0 bridgehead atoms. The van der Waals surface area contributed by atoms with Gasteiger partial charge < -0.3 is 4.84 Å². The number of hydrogen-bond donors (Lipinski definition) is 1. The lowest BCUT2D eigenvalue weighted by Crippen LogP contribution is -2.28. The van der Waals surface area contributed by atoms with Crippen molar-refractivity contribution in [2.24, 2.45) is 5.92 Å². The maximum atomic E-state index is 5.82. The number of hydrazine groups is 1. The number of nitrogens with one attached hydrogen (secondary N) is 1. The predicted molar refractivity (Wildman–Crippen MR) is 68.4 cm³/mol. The smallest absolute Gasteiger partial charge is 0.169 e. The van der Waals surface area contributed by atoms with E-state index in [0.717, 1.165) is 5.76 Å². The first kappa shape index (κ1) is 11.7. The zero-order valence-corrected chi connectivity index (χ0v) is 10.7. The van der Waals surface area contributed by atoms with Gasteiger partial charge in [0.25, 0.3) is 0 Å². The highest BCUT2D eigenvalue weighted by atomic mass is 35.5. The Hall–Kier alpha value is -1.33. The summed E-state index contributed by atoms with van der Waals surface area (Å²) in [6.45, 7) is 0. The molecular formula is C12H15ClN4O. The molecule has 6 heteroatoms. The van der Waals surface area contributed by atoms with Crippen molar-refractivity contribution in [3.8, 4) is 0 Å². The van der Waals surface area contributed by atoms with Crippen LogP contribution in [0.1, 0.15) is 32.1 Å². The van der Waals surface area contributed by atoms with E-state index in [4.69, 9.17) is 16.4 Å². The Kier molecular flexibility index (Phi) is 3.34. The summed E-state index contributed by atoms with van der Waals surface area (Å²) in [5.74, 6) is 2.13. The zero-order chi connectivity index (χ0) is 12.4. The largest absolute Gasteiger partial charge is 0.391 e. The average molecular weight is 267 g/mol. The van der Waals surface area contributed by atoms with Gasteiger partial charge in [-0.15, -0.1) is 0 Å². The van der Waals surface area contributed by atoms with E-state index in [1.807, 2.05) is 6.20 Å². The first-order valence-electron chi connectivity index (χ1n) is 6.24. The molecular weight excluding hydrogens is 252 g/mol. The molecule has 2 aliphatic rings. The fourth-order valence-corrected chi connectivity index (χ4v) is 2.56. The molecule has 0 spiro atoms. The number of rotatable bonds is 2. The van der Waals surface area contributed by atoms with Crippen molar-refractivity contribution in [1.29, 1.82) is 0 Å². The van der Waals surface area contributed by atoms with Gasteiger partial charge in [0.05, 0.1) is 18.6 Å². The Balaban J connectivity index is 1.74. The van der Waals surface area contributed by atoms with Gasteiger partial charge in [-0.1, -0.05) is 36.5 Å². The summed E-state index contributed by atoms with van der Waals surface area (Å²) in [7, 11) is 0. The lowest BCUT2D eigenvalue weighted by atomic mass is 9.88. The summed E-state index contributed by atoms with van der Waals surface area (Å²) in [6, 6.07) is 0. The van der Waals surface area contributed by atoms with Crippen LogP contribution in [-0.2, 0) is 4.84 Å². The quantitative estimate of drug-likeness (QED) is 0.892. The monoisotopic (exact) mass is 266 g/mol. The second-order valence-corrected chi connectivity index (χ2v) is 5.02. The van der Waals surface area contributed by atoms with Crippen LogP contribution < -0.4 is 10.6 Å². The summed E-state index contributed by atoms with van der Waals surface area (Å²) in [6.07, 6.45) is 11.4. The zero-order valence-electron chi connectivity index (χ0n) is 9.97. The van der Waals surface area contributed by atoms with E-state index in [1.54, 1.807) is 11.2 Å². The Morgan fingerprint density at radius 3 is 2.89 bits per heavy atom. The van der Waals surface area contributed by atoms with Crippen molar-refractivity contribution in [1.82, 2.24) is 15.6 Å². The van der Waals surface area contributed by atoms with Crippen LogP contribution in [-0.4, -0.2) is 9.97 Å². The Labute approximate surface area is 111 Å². The maximum absolute atomic E-state index is 5.82. The molecule has 2 heterocycles. The fourth-order valence-electron chi connectivity index (χ4n) is 2.42.